The number of hydrogen-bond donors (Lipinski definition) is 2. The topological polar surface area (TPSA) is 103 Å². The molecule has 27 heavy (non-hydrogen) atoms. The van der Waals surface area contributed by atoms with Gasteiger partial charge >= 0.3 is 6.36 Å². The number of aromatic nitrogens is 3. The van der Waals surface area contributed by atoms with E-state index < -0.39 is 18.0 Å². The van der Waals surface area contributed by atoms with E-state index in [0.717, 1.165) is 6.07 Å². The summed E-state index contributed by atoms with van der Waals surface area (Å²) in [6.45, 7) is 0. The number of halogens is 3. The molecule has 0 bridgehead atoms. The van der Waals surface area contributed by atoms with Crippen LogP contribution in [0.25, 0.3) is 11.3 Å². The molecular formula is C17H16F3N5O2. The molecule has 0 fully saturated rings. The summed E-state index contributed by atoms with van der Waals surface area (Å²) in [5.74, 6) is -1.56. The van der Waals surface area contributed by atoms with Crippen molar-refractivity contribution >= 4 is 17.4 Å². The molecule has 0 spiro atoms. The SMILES string of the molecule is Nc1ncc(-c2cccnc2)nc1C(=O)Nc1ccccc1OC(F)(F)F.[HH].[HH]. The van der Waals surface area contributed by atoms with E-state index in [0.29, 0.717) is 11.3 Å². The monoisotopic (exact) mass is 379 g/mol. The van der Waals surface area contributed by atoms with Crippen LogP contribution >= 0.6 is 0 Å². The molecule has 0 saturated carbocycles. The van der Waals surface area contributed by atoms with Gasteiger partial charge in [0.15, 0.2) is 17.3 Å². The fraction of sp³-hybridized carbons (Fsp3) is 0.0588. The minimum absolute atomic E-state index is 0. The Morgan fingerprint density at radius 2 is 1.93 bits per heavy atom. The lowest BCUT2D eigenvalue weighted by Crippen LogP contribution is -2.21. The molecule has 1 amide bonds. The van der Waals surface area contributed by atoms with Crippen molar-refractivity contribution in [3.8, 4) is 17.0 Å². The molecule has 142 valence electrons. The van der Waals surface area contributed by atoms with Gasteiger partial charge in [-0.2, -0.15) is 0 Å². The van der Waals surface area contributed by atoms with Gasteiger partial charge in [-0.3, -0.25) is 9.78 Å². The summed E-state index contributed by atoms with van der Waals surface area (Å²) >= 11 is 0. The fourth-order valence-corrected chi connectivity index (χ4v) is 2.18. The summed E-state index contributed by atoms with van der Waals surface area (Å²) in [5.41, 5.74) is 6.21. The summed E-state index contributed by atoms with van der Waals surface area (Å²) < 4.78 is 41.4. The van der Waals surface area contributed by atoms with Crippen LogP contribution in [0.4, 0.5) is 24.7 Å². The van der Waals surface area contributed by atoms with E-state index in [2.05, 4.69) is 25.0 Å². The molecule has 0 radical (unpaired) electrons. The Morgan fingerprint density at radius 3 is 2.63 bits per heavy atom. The van der Waals surface area contributed by atoms with E-state index in [-0.39, 0.29) is 20.1 Å². The minimum atomic E-state index is -4.90. The zero-order valence-corrected chi connectivity index (χ0v) is 13.6. The zero-order valence-electron chi connectivity index (χ0n) is 13.6. The maximum Gasteiger partial charge on any atom is 0.573 e. The van der Waals surface area contributed by atoms with Crippen LogP contribution in [0.5, 0.6) is 5.75 Å². The number of carbonyl (C=O) groups excluding carboxylic acids is 1. The normalized spacial score (nSPS) is 11.1. The number of pyridine rings is 1. The number of nitrogens with zero attached hydrogens (tertiary/aromatic N) is 3. The van der Waals surface area contributed by atoms with E-state index >= 15 is 0 Å². The average molecular weight is 379 g/mol. The molecule has 3 N–H and O–H groups in total. The van der Waals surface area contributed by atoms with Crippen molar-refractivity contribution in [1.29, 1.82) is 0 Å². The molecule has 2 aromatic heterocycles. The van der Waals surface area contributed by atoms with Gasteiger partial charge < -0.3 is 15.8 Å². The number of hydrogen-bond acceptors (Lipinski definition) is 6. The van der Waals surface area contributed by atoms with Crippen molar-refractivity contribution in [2.24, 2.45) is 0 Å². The molecular weight excluding hydrogens is 363 g/mol. The van der Waals surface area contributed by atoms with Crippen LogP contribution in [0, 0.1) is 0 Å². The van der Waals surface area contributed by atoms with Gasteiger partial charge in [0.25, 0.3) is 5.91 Å². The van der Waals surface area contributed by atoms with Crippen molar-refractivity contribution in [2.45, 2.75) is 6.36 Å². The highest BCUT2D eigenvalue weighted by Crippen LogP contribution is 2.30. The van der Waals surface area contributed by atoms with Crippen LogP contribution in [-0.4, -0.2) is 27.2 Å². The Kier molecular flexibility index (Phi) is 4.88. The van der Waals surface area contributed by atoms with Crippen LogP contribution in [0.1, 0.15) is 13.3 Å². The standard InChI is InChI=1S/C17H12F3N5O2.2H2/c18-17(19,20)27-13-6-2-1-5-11(13)25-16(26)14-15(21)23-9-12(24-14)10-4-3-7-22-8-10;;/h1-9H,(H2,21,23)(H,25,26);2*1H. The van der Waals surface area contributed by atoms with Gasteiger partial charge in [-0.15, -0.1) is 13.2 Å². The molecule has 3 aromatic rings. The summed E-state index contributed by atoms with van der Waals surface area (Å²) in [7, 11) is 0. The second-order valence-corrected chi connectivity index (χ2v) is 5.23. The van der Waals surface area contributed by atoms with Crippen LogP contribution in [-0.2, 0) is 0 Å². The van der Waals surface area contributed by atoms with Gasteiger partial charge in [-0.1, -0.05) is 12.1 Å². The summed E-state index contributed by atoms with van der Waals surface area (Å²) in [6, 6.07) is 8.50. The number of nitrogens with one attached hydrogen (secondary N) is 1. The molecule has 0 aliphatic heterocycles. The smallest absolute Gasteiger partial charge is 0.404 e. The number of benzene rings is 1. The van der Waals surface area contributed by atoms with Crippen molar-refractivity contribution < 1.29 is 25.6 Å². The molecule has 7 nitrogen and oxygen atoms in total. The first kappa shape index (κ1) is 18.1. The van der Waals surface area contributed by atoms with Crippen molar-refractivity contribution in [1.82, 2.24) is 15.0 Å². The first-order valence-electron chi connectivity index (χ1n) is 7.52. The molecule has 0 unspecified atom stereocenters. The Morgan fingerprint density at radius 1 is 1.15 bits per heavy atom. The molecule has 3 rings (SSSR count). The highest BCUT2D eigenvalue weighted by atomic mass is 19.4. The van der Waals surface area contributed by atoms with Gasteiger partial charge in [-0.25, -0.2) is 9.97 Å². The number of rotatable bonds is 4. The molecule has 0 aliphatic carbocycles. The van der Waals surface area contributed by atoms with Crippen molar-refractivity contribution in [2.75, 3.05) is 11.1 Å². The number of anilines is 2. The van der Waals surface area contributed by atoms with E-state index in [1.165, 1.54) is 30.6 Å². The van der Waals surface area contributed by atoms with Gasteiger partial charge in [0, 0.05) is 20.8 Å². The summed E-state index contributed by atoms with van der Waals surface area (Å²) in [5, 5.41) is 2.31. The van der Waals surface area contributed by atoms with E-state index in [4.69, 9.17) is 5.73 Å². The molecule has 10 heteroatoms. The first-order valence-corrected chi connectivity index (χ1v) is 7.52. The van der Waals surface area contributed by atoms with Gasteiger partial charge in [0.05, 0.1) is 17.6 Å². The number of nitrogens with two attached hydrogens (primary N) is 1. The predicted octanol–water partition coefficient (Wildman–Crippen LogP) is 3.76. The van der Waals surface area contributed by atoms with Gasteiger partial charge in [0.1, 0.15) is 0 Å². The number of alkyl halides is 3. The highest BCUT2D eigenvalue weighted by Gasteiger charge is 2.32. The van der Waals surface area contributed by atoms with Crippen molar-refractivity contribution in [3.63, 3.8) is 0 Å². The quantitative estimate of drug-likeness (QED) is 0.715. The predicted molar refractivity (Wildman–Crippen MR) is 95.0 cm³/mol. The maximum absolute atomic E-state index is 12.5. The maximum atomic E-state index is 12.5. The second-order valence-electron chi connectivity index (χ2n) is 5.23. The Labute approximate surface area is 154 Å². The lowest BCUT2D eigenvalue weighted by Gasteiger charge is -2.14. The average Bonchev–Trinajstić information content (AvgIpc) is 2.63. The number of amides is 1. The molecule has 0 aliphatic rings. The second kappa shape index (κ2) is 7.28. The lowest BCUT2D eigenvalue weighted by molar-refractivity contribution is -0.274. The van der Waals surface area contributed by atoms with Crippen molar-refractivity contribution in [3.05, 3.63) is 60.7 Å². The first-order chi connectivity index (χ1) is 12.8. The molecule has 1 aromatic carbocycles. The summed E-state index contributed by atoms with van der Waals surface area (Å²) in [4.78, 5) is 24.5. The van der Waals surface area contributed by atoms with Crippen LogP contribution in [0.2, 0.25) is 0 Å². The number of ether oxygens (including phenoxy) is 1. The third-order valence-electron chi connectivity index (χ3n) is 3.33. The van der Waals surface area contributed by atoms with Crippen LogP contribution < -0.4 is 15.8 Å². The van der Waals surface area contributed by atoms with E-state index in [1.807, 2.05) is 0 Å². The highest BCUT2D eigenvalue weighted by molar-refractivity contribution is 6.06. The summed E-state index contributed by atoms with van der Waals surface area (Å²) in [6.07, 6.45) is -0.447. The Bertz CT molecular complexity index is 975. The molecule has 2 heterocycles. The third kappa shape index (κ3) is 4.48. The van der Waals surface area contributed by atoms with Gasteiger partial charge in [-0.05, 0) is 24.3 Å². The Hall–Kier alpha value is -3.69. The van der Waals surface area contributed by atoms with Crippen LogP contribution in [0.3, 0.4) is 0 Å². The minimum Gasteiger partial charge on any atom is -0.404 e. The molecule has 0 saturated heterocycles. The fourth-order valence-electron chi connectivity index (χ4n) is 2.18. The molecule has 0 atom stereocenters. The van der Waals surface area contributed by atoms with Crippen LogP contribution in [0.15, 0.2) is 55.0 Å². The number of carbonyl (C=O) groups is 1. The number of nitrogen functional groups attached to an aromatic ring is 1. The largest absolute Gasteiger partial charge is 0.573 e. The Balaban J connectivity index is 0.00000210. The number of para-hydroxylation sites is 2. The van der Waals surface area contributed by atoms with E-state index in [9.17, 15) is 18.0 Å². The van der Waals surface area contributed by atoms with E-state index in [1.54, 1.807) is 18.3 Å². The van der Waals surface area contributed by atoms with Gasteiger partial charge in [0.2, 0.25) is 0 Å². The third-order valence-corrected chi connectivity index (χ3v) is 3.33. The lowest BCUT2D eigenvalue weighted by atomic mass is 10.2. The zero-order chi connectivity index (χ0) is 19.4.